The average Bonchev–Trinajstić information content (AvgIpc) is 3.39. The second-order valence-corrected chi connectivity index (χ2v) is 11.5. The third kappa shape index (κ3) is 5.01. The minimum atomic E-state index is -0.700. The zero-order chi connectivity index (χ0) is 28.2. The third-order valence-electron chi connectivity index (χ3n) is 8.28. The summed E-state index contributed by atoms with van der Waals surface area (Å²) < 4.78 is 37.9. The molecule has 0 unspecified atom stereocenters. The number of fused-ring (bicyclic) bond motifs is 1. The molecule has 14 heteroatoms. The summed E-state index contributed by atoms with van der Waals surface area (Å²) in [6.07, 6.45) is 5.03. The molecule has 2 saturated heterocycles. The summed E-state index contributed by atoms with van der Waals surface area (Å²) >= 11 is 0. The van der Waals surface area contributed by atoms with Gasteiger partial charge in [0.25, 0.3) is 0 Å². The topological polar surface area (TPSA) is 135 Å². The standard InChI is InChI=1S/C26H33F2N9O3/c1-26(2)6-4-15-8-14(5-7-36(15)26)30-23-19(28)13-29-24(32-23)31-20-12-21(37-25(39)35(3)33-34-37)22(11-18(20)27)40-17-9-16(38)10-17/h11-17,38H,4-10H2,1-3H3,(H2,29,30,31,32)/t14-,15-,16?,17?/m0/s1. The molecule has 3 fully saturated rings. The Morgan fingerprint density at radius 1 is 1.12 bits per heavy atom. The van der Waals surface area contributed by atoms with Gasteiger partial charge in [-0.25, -0.2) is 18.6 Å². The summed E-state index contributed by atoms with van der Waals surface area (Å²) in [7, 11) is 1.44. The number of ether oxygens (including phenoxy) is 1. The van der Waals surface area contributed by atoms with Gasteiger partial charge in [-0.15, -0.1) is 0 Å². The first-order valence-corrected chi connectivity index (χ1v) is 13.6. The van der Waals surface area contributed by atoms with Gasteiger partial charge < -0.3 is 20.5 Å². The van der Waals surface area contributed by atoms with Crippen molar-refractivity contribution in [3.63, 3.8) is 0 Å². The molecular formula is C26H33F2N9O3. The van der Waals surface area contributed by atoms with E-state index in [1.165, 1.54) is 13.1 Å². The highest BCUT2D eigenvalue weighted by atomic mass is 19.1. The zero-order valence-electron chi connectivity index (χ0n) is 22.6. The van der Waals surface area contributed by atoms with Gasteiger partial charge in [0, 0.05) is 50.1 Å². The number of aliphatic hydroxyl groups excluding tert-OH is 1. The molecule has 0 amide bonds. The van der Waals surface area contributed by atoms with Crippen molar-refractivity contribution >= 4 is 17.5 Å². The van der Waals surface area contributed by atoms with Crippen molar-refractivity contribution in [2.24, 2.45) is 7.05 Å². The van der Waals surface area contributed by atoms with Gasteiger partial charge >= 0.3 is 5.69 Å². The van der Waals surface area contributed by atoms with Crippen molar-refractivity contribution < 1.29 is 18.6 Å². The molecule has 0 bridgehead atoms. The van der Waals surface area contributed by atoms with Gasteiger partial charge in [-0.3, -0.25) is 4.90 Å². The van der Waals surface area contributed by atoms with E-state index >= 15 is 4.39 Å². The van der Waals surface area contributed by atoms with Crippen LogP contribution in [0.2, 0.25) is 0 Å². The molecule has 1 saturated carbocycles. The number of nitrogens with one attached hydrogen (secondary N) is 2. The van der Waals surface area contributed by atoms with Crippen molar-refractivity contribution in [2.45, 2.75) is 82.2 Å². The lowest BCUT2D eigenvalue weighted by Gasteiger charge is -2.42. The number of hydrogen-bond donors (Lipinski definition) is 3. The van der Waals surface area contributed by atoms with E-state index < -0.39 is 23.4 Å². The molecule has 3 aliphatic rings. The maximum absolute atomic E-state index is 15.3. The van der Waals surface area contributed by atoms with Crippen LogP contribution in [0.5, 0.6) is 5.75 Å². The van der Waals surface area contributed by atoms with Crippen LogP contribution in [0.3, 0.4) is 0 Å². The van der Waals surface area contributed by atoms with E-state index in [0.29, 0.717) is 18.9 Å². The number of hydrogen-bond acceptors (Lipinski definition) is 10. The van der Waals surface area contributed by atoms with Crippen LogP contribution in [0.25, 0.3) is 5.69 Å². The van der Waals surface area contributed by atoms with Gasteiger partial charge in [0.05, 0.1) is 18.0 Å². The van der Waals surface area contributed by atoms with Crippen LogP contribution in [0.1, 0.15) is 52.4 Å². The first kappa shape index (κ1) is 26.6. The van der Waals surface area contributed by atoms with Gasteiger partial charge in [0.1, 0.15) is 17.5 Å². The lowest BCUT2D eigenvalue weighted by Crippen LogP contribution is -2.50. The van der Waals surface area contributed by atoms with Crippen LogP contribution in [-0.4, -0.2) is 76.1 Å². The van der Waals surface area contributed by atoms with Gasteiger partial charge in [-0.2, -0.15) is 14.3 Å². The van der Waals surface area contributed by atoms with Gasteiger partial charge in [-0.05, 0) is 56.0 Å². The van der Waals surface area contributed by atoms with E-state index in [4.69, 9.17) is 4.74 Å². The van der Waals surface area contributed by atoms with Crippen molar-refractivity contribution in [2.75, 3.05) is 17.2 Å². The maximum atomic E-state index is 15.3. The van der Waals surface area contributed by atoms with Crippen molar-refractivity contribution in [1.82, 2.24) is 34.7 Å². The van der Waals surface area contributed by atoms with E-state index in [1.54, 1.807) is 0 Å². The maximum Gasteiger partial charge on any atom is 0.368 e. The number of aryl methyl sites for hydroxylation is 1. The van der Waals surface area contributed by atoms with Crippen LogP contribution in [-0.2, 0) is 7.05 Å². The molecule has 4 heterocycles. The van der Waals surface area contributed by atoms with Crippen molar-refractivity contribution in [3.8, 4) is 11.4 Å². The van der Waals surface area contributed by atoms with Crippen LogP contribution >= 0.6 is 0 Å². The highest BCUT2D eigenvalue weighted by Gasteiger charge is 2.42. The predicted octanol–water partition coefficient (Wildman–Crippen LogP) is 2.50. The summed E-state index contributed by atoms with van der Waals surface area (Å²) in [5, 5.41) is 23.2. The number of rotatable bonds is 7. The highest BCUT2D eigenvalue weighted by Crippen LogP contribution is 2.39. The zero-order valence-corrected chi connectivity index (χ0v) is 22.6. The lowest BCUT2D eigenvalue weighted by atomic mass is 9.92. The number of aromatic nitrogens is 6. The summed E-state index contributed by atoms with van der Waals surface area (Å²) in [4.78, 5) is 23.4. The molecule has 0 radical (unpaired) electrons. The Labute approximate surface area is 229 Å². The smallest absolute Gasteiger partial charge is 0.368 e. The molecule has 0 spiro atoms. The Hall–Kier alpha value is -3.65. The number of tetrazole rings is 1. The van der Waals surface area contributed by atoms with Crippen LogP contribution in [0, 0.1) is 11.6 Å². The van der Waals surface area contributed by atoms with E-state index in [2.05, 4.69) is 49.8 Å². The third-order valence-corrected chi connectivity index (χ3v) is 8.28. The molecule has 214 valence electrons. The van der Waals surface area contributed by atoms with E-state index in [-0.39, 0.29) is 46.6 Å². The molecule has 1 aliphatic carbocycles. The number of aliphatic hydroxyl groups is 1. The Morgan fingerprint density at radius 2 is 1.93 bits per heavy atom. The molecule has 12 nitrogen and oxygen atoms in total. The van der Waals surface area contributed by atoms with Gasteiger partial charge in [-0.1, -0.05) is 0 Å². The van der Waals surface area contributed by atoms with Crippen LogP contribution in [0.4, 0.5) is 26.2 Å². The Bertz CT molecular complexity index is 1470. The molecule has 2 atom stereocenters. The van der Waals surface area contributed by atoms with E-state index in [9.17, 15) is 14.3 Å². The molecule has 2 aromatic heterocycles. The fraction of sp³-hybridized carbons (Fsp3) is 0.577. The molecular weight excluding hydrogens is 524 g/mol. The lowest BCUT2D eigenvalue weighted by molar-refractivity contribution is -0.0109. The summed E-state index contributed by atoms with van der Waals surface area (Å²) in [5.41, 5.74) is -0.286. The fourth-order valence-corrected chi connectivity index (χ4v) is 5.94. The van der Waals surface area contributed by atoms with Crippen LogP contribution in [0.15, 0.2) is 23.1 Å². The molecule has 2 aliphatic heterocycles. The molecule has 40 heavy (non-hydrogen) atoms. The van der Waals surface area contributed by atoms with E-state index in [1.807, 2.05) is 0 Å². The van der Waals surface area contributed by atoms with Gasteiger partial charge in [0.15, 0.2) is 17.5 Å². The van der Waals surface area contributed by atoms with Gasteiger partial charge in [0.2, 0.25) is 5.95 Å². The number of piperidine rings is 1. The predicted molar refractivity (Wildman–Crippen MR) is 142 cm³/mol. The molecule has 3 aromatic rings. The Kier molecular flexibility index (Phi) is 6.69. The highest BCUT2D eigenvalue weighted by molar-refractivity contribution is 5.63. The second-order valence-electron chi connectivity index (χ2n) is 11.5. The first-order chi connectivity index (χ1) is 19.1. The molecule has 6 rings (SSSR count). The first-order valence-electron chi connectivity index (χ1n) is 13.6. The quantitative estimate of drug-likeness (QED) is 0.398. The van der Waals surface area contributed by atoms with Crippen molar-refractivity contribution in [1.29, 1.82) is 0 Å². The fourth-order valence-electron chi connectivity index (χ4n) is 5.94. The normalized spacial score (nSPS) is 25.8. The van der Waals surface area contributed by atoms with Crippen molar-refractivity contribution in [3.05, 3.63) is 40.4 Å². The monoisotopic (exact) mass is 557 g/mol. The van der Waals surface area contributed by atoms with E-state index in [0.717, 1.165) is 53.9 Å². The number of halogens is 2. The molecule has 3 N–H and O–H groups in total. The molecule has 1 aromatic carbocycles. The average molecular weight is 558 g/mol. The van der Waals surface area contributed by atoms with Crippen LogP contribution < -0.4 is 21.1 Å². The number of nitrogens with zero attached hydrogens (tertiary/aromatic N) is 7. The summed E-state index contributed by atoms with van der Waals surface area (Å²) in [6, 6.07) is 2.97. The summed E-state index contributed by atoms with van der Waals surface area (Å²) in [6.45, 7) is 5.46. The Morgan fingerprint density at radius 3 is 2.65 bits per heavy atom. The minimum Gasteiger partial charge on any atom is -0.488 e. The minimum absolute atomic E-state index is 0.0181. The second kappa shape index (κ2) is 10.1. The SMILES string of the molecule is Cn1nnn(-c2cc(Nc3ncc(F)c(N[C@H]4CCN5[C@@H](CCC5(C)C)C4)n3)c(F)cc2OC2CC(O)C2)c1=O. The number of anilines is 3. The number of benzene rings is 1. The largest absolute Gasteiger partial charge is 0.488 e. The Balaban J connectivity index is 1.24. The summed E-state index contributed by atoms with van der Waals surface area (Å²) in [5.74, 6) is -1.20.